The summed E-state index contributed by atoms with van der Waals surface area (Å²) >= 11 is 0. The van der Waals surface area contributed by atoms with Gasteiger partial charge in [-0.1, -0.05) is 30.3 Å². The second-order valence-corrected chi connectivity index (χ2v) is 3.57. The number of rotatable bonds is 3. The number of allylic oxidation sites excluding steroid dienone is 4. The SMILES string of the molecule is CCCc1cc(C2=CCCC=C2)no1. The van der Waals surface area contributed by atoms with E-state index in [2.05, 4.69) is 30.3 Å². The summed E-state index contributed by atoms with van der Waals surface area (Å²) in [6, 6.07) is 2.05. The Morgan fingerprint density at radius 3 is 3.07 bits per heavy atom. The van der Waals surface area contributed by atoms with Crippen LogP contribution in [0.4, 0.5) is 0 Å². The average molecular weight is 189 g/mol. The normalized spacial score (nSPS) is 15.6. The Morgan fingerprint density at radius 2 is 2.36 bits per heavy atom. The third-order valence-corrected chi connectivity index (χ3v) is 2.35. The van der Waals surface area contributed by atoms with Crippen molar-refractivity contribution in [3.63, 3.8) is 0 Å². The van der Waals surface area contributed by atoms with Crippen LogP contribution in [0.5, 0.6) is 0 Å². The third kappa shape index (κ3) is 1.95. The first-order chi connectivity index (χ1) is 6.90. The van der Waals surface area contributed by atoms with Crippen molar-refractivity contribution >= 4 is 5.57 Å². The molecule has 2 heteroatoms. The lowest BCUT2D eigenvalue weighted by Gasteiger charge is -2.01. The molecule has 1 heterocycles. The topological polar surface area (TPSA) is 26.0 Å². The number of hydrogen-bond donors (Lipinski definition) is 0. The Hall–Kier alpha value is -1.31. The second-order valence-electron chi connectivity index (χ2n) is 3.57. The molecule has 0 spiro atoms. The fraction of sp³-hybridized carbons (Fsp3) is 0.417. The largest absolute Gasteiger partial charge is 0.361 e. The van der Waals surface area contributed by atoms with Gasteiger partial charge in [-0.25, -0.2) is 0 Å². The molecule has 0 amide bonds. The molecule has 0 atom stereocenters. The van der Waals surface area contributed by atoms with E-state index in [1.165, 1.54) is 5.57 Å². The highest BCUT2D eigenvalue weighted by atomic mass is 16.5. The second kappa shape index (κ2) is 4.27. The van der Waals surface area contributed by atoms with Crippen molar-refractivity contribution in [3.8, 4) is 0 Å². The minimum absolute atomic E-state index is 0.976. The van der Waals surface area contributed by atoms with E-state index in [0.29, 0.717) is 0 Å². The standard InChI is InChI=1S/C12H15NO/c1-2-6-11-9-12(13-14-11)10-7-4-3-5-8-10/h4,7-9H,2-3,5-6H2,1H3. The van der Waals surface area contributed by atoms with E-state index >= 15 is 0 Å². The summed E-state index contributed by atoms with van der Waals surface area (Å²) in [4.78, 5) is 0. The smallest absolute Gasteiger partial charge is 0.137 e. The van der Waals surface area contributed by atoms with Crippen molar-refractivity contribution in [3.05, 3.63) is 35.7 Å². The van der Waals surface area contributed by atoms with Gasteiger partial charge in [-0.05, 0) is 24.8 Å². The van der Waals surface area contributed by atoms with Crippen molar-refractivity contribution in [2.45, 2.75) is 32.6 Å². The fourth-order valence-corrected chi connectivity index (χ4v) is 1.62. The van der Waals surface area contributed by atoms with E-state index in [1.807, 2.05) is 6.07 Å². The zero-order valence-electron chi connectivity index (χ0n) is 8.49. The number of nitrogens with zero attached hydrogens (tertiary/aromatic N) is 1. The lowest BCUT2D eigenvalue weighted by molar-refractivity contribution is 0.381. The van der Waals surface area contributed by atoms with Crippen LogP contribution in [-0.2, 0) is 6.42 Å². The quantitative estimate of drug-likeness (QED) is 0.728. The molecule has 1 aromatic rings. The molecule has 1 aromatic heterocycles. The highest BCUT2D eigenvalue weighted by molar-refractivity contribution is 5.72. The van der Waals surface area contributed by atoms with E-state index in [4.69, 9.17) is 4.52 Å². The van der Waals surface area contributed by atoms with Crippen LogP contribution < -0.4 is 0 Å². The molecular weight excluding hydrogens is 174 g/mol. The molecule has 2 nitrogen and oxygen atoms in total. The summed E-state index contributed by atoms with van der Waals surface area (Å²) in [5.41, 5.74) is 2.17. The molecule has 1 aliphatic rings. The Labute approximate surface area is 84.3 Å². The van der Waals surface area contributed by atoms with Crippen LogP contribution in [0.1, 0.15) is 37.6 Å². The molecule has 0 fully saturated rings. The summed E-state index contributed by atoms with van der Waals surface area (Å²) in [6.45, 7) is 2.14. The average Bonchev–Trinajstić information content (AvgIpc) is 2.68. The van der Waals surface area contributed by atoms with Gasteiger partial charge < -0.3 is 4.52 Å². The molecule has 0 unspecified atom stereocenters. The Balaban J connectivity index is 2.16. The number of aromatic nitrogens is 1. The molecule has 0 N–H and O–H groups in total. The van der Waals surface area contributed by atoms with Crippen LogP contribution in [0.15, 0.2) is 28.8 Å². The van der Waals surface area contributed by atoms with Crippen LogP contribution in [0.25, 0.3) is 5.57 Å². The maximum absolute atomic E-state index is 5.23. The predicted molar refractivity (Wildman–Crippen MR) is 56.8 cm³/mol. The van der Waals surface area contributed by atoms with Gasteiger partial charge in [0.25, 0.3) is 0 Å². The zero-order chi connectivity index (χ0) is 9.80. The van der Waals surface area contributed by atoms with Crippen molar-refractivity contribution in [2.75, 3.05) is 0 Å². The number of hydrogen-bond acceptors (Lipinski definition) is 2. The lowest BCUT2D eigenvalue weighted by Crippen LogP contribution is -1.84. The summed E-state index contributed by atoms with van der Waals surface area (Å²) in [5, 5.41) is 4.06. The van der Waals surface area contributed by atoms with Gasteiger partial charge in [-0.2, -0.15) is 0 Å². The zero-order valence-corrected chi connectivity index (χ0v) is 8.49. The monoisotopic (exact) mass is 189 g/mol. The molecule has 1 aliphatic carbocycles. The highest BCUT2D eigenvalue weighted by Crippen LogP contribution is 2.21. The molecule has 0 bridgehead atoms. The first-order valence-electron chi connectivity index (χ1n) is 5.23. The van der Waals surface area contributed by atoms with E-state index in [1.54, 1.807) is 0 Å². The van der Waals surface area contributed by atoms with E-state index in [0.717, 1.165) is 37.1 Å². The summed E-state index contributed by atoms with van der Waals surface area (Å²) in [7, 11) is 0. The van der Waals surface area contributed by atoms with Crippen molar-refractivity contribution in [1.29, 1.82) is 0 Å². The summed E-state index contributed by atoms with van der Waals surface area (Å²) in [5.74, 6) is 0.988. The van der Waals surface area contributed by atoms with Crippen LogP contribution in [0.2, 0.25) is 0 Å². The molecule has 2 rings (SSSR count). The van der Waals surface area contributed by atoms with Crippen molar-refractivity contribution in [1.82, 2.24) is 5.16 Å². The minimum atomic E-state index is 0.976. The van der Waals surface area contributed by atoms with Gasteiger partial charge >= 0.3 is 0 Å². The van der Waals surface area contributed by atoms with Crippen molar-refractivity contribution < 1.29 is 4.52 Å². The van der Waals surface area contributed by atoms with E-state index in [9.17, 15) is 0 Å². The molecular formula is C12H15NO. The van der Waals surface area contributed by atoms with Crippen LogP contribution in [0, 0.1) is 0 Å². The molecule has 0 radical (unpaired) electrons. The van der Waals surface area contributed by atoms with Gasteiger partial charge in [0, 0.05) is 12.5 Å². The maximum Gasteiger partial charge on any atom is 0.137 e. The van der Waals surface area contributed by atoms with Gasteiger partial charge in [-0.3, -0.25) is 0 Å². The first-order valence-corrected chi connectivity index (χ1v) is 5.23. The first kappa shape index (κ1) is 9.25. The van der Waals surface area contributed by atoms with Crippen LogP contribution in [0.3, 0.4) is 0 Å². The Bertz CT molecular complexity index is 360. The minimum Gasteiger partial charge on any atom is -0.361 e. The Kier molecular flexibility index (Phi) is 2.82. The van der Waals surface area contributed by atoms with Gasteiger partial charge in [0.15, 0.2) is 0 Å². The van der Waals surface area contributed by atoms with Crippen LogP contribution >= 0.6 is 0 Å². The van der Waals surface area contributed by atoms with Gasteiger partial charge in [-0.15, -0.1) is 0 Å². The highest BCUT2D eigenvalue weighted by Gasteiger charge is 2.07. The van der Waals surface area contributed by atoms with Crippen LogP contribution in [-0.4, -0.2) is 5.16 Å². The Morgan fingerprint density at radius 1 is 1.43 bits per heavy atom. The molecule has 74 valence electrons. The van der Waals surface area contributed by atoms with E-state index in [-0.39, 0.29) is 0 Å². The van der Waals surface area contributed by atoms with Gasteiger partial charge in [0.2, 0.25) is 0 Å². The molecule has 0 saturated heterocycles. The predicted octanol–water partition coefficient (Wildman–Crippen LogP) is 3.36. The molecule has 0 aliphatic heterocycles. The van der Waals surface area contributed by atoms with Gasteiger partial charge in [0.1, 0.15) is 11.5 Å². The molecule has 0 saturated carbocycles. The van der Waals surface area contributed by atoms with Gasteiger partial charge in [0.05, 0.1) is 0 Å². The lowest BCUT2D eigenvalue weighted by atomic mass is 10.0. The fourth-order valence-electron chi connectivity index (χ4n) is 1.62. The van der Waals surface area contributed by atoms with E-state index < -0.39 is 0 Å². The van der Waals surface area contributed by atoms with Crippen molar-refractivity contribution in [2.24, 2.45) is 0 Å². The summed E-state index contributed by atoms with van der Waals surface area (Å²) < 4.78 is 5.23. The molecule has 14 heavy (non-hydrogen) atoms. The number of aryl methyl sites for hydroxylation is 1. The summed E-state index contributed by atoms with van der Waals surface area (Å²) in [6.07, 6.45) is 10.9. The molecule has 0 aromatic carbocycles. The third-order valence-electron chi connectivity index (χ3n) is 2.35. The maximum atomic E-state index is 5.23.